The van der Waals surface area contributed by atoms with E-state index < -0.39 is 5.97 Å². The Bertz CT molecular complexity index is 336. The second-order valence-electron chi connectivity index (χ2n) is 2.41. The Hall–Kier alpha value is -0.540. The van der Waals surface area contributed by atoms with E-state index >= 15 is 0 Å². The first kappa shape index (κ1) is 9.55. The number of carboxylic acid groups (broad SMARTS) is 1. The fraction of sp³-hybridized carbons (Fsp3) is 0.125. The molecule has 4 heteroatoms. The lowest BCUT2D eigenvalue weighted by Gasteiger charge is -2.02. The smallest absolute Gasteiger partial charge is 0.337 e. The van der Waals surface area contributed by atoms with Crippen LogP contribution in [0.5, 0.6) is 0 Å². The molecule has 0 heterocycles. The lowest BCUT2D eigenvalue weighted by Crippen LogP contribution is -1.98. The molecule has 64 valence electrons. The van der Waals surface area contributed by atoms with Crippen LogP contribution in [-0.4, -0.2) is 11.1 Å². The van der Waals surface area contributed by atoms with Gasteiger partial charge in [-0.3, -0.25) is 0 Å². The molecule has 0 fully saturated rings. The van der Waals surface area contributed by atoms with Gasteiger partial charge >= 0.3 is 5.97 Å². The highest BCUT2D eigenvalue weighted by atomic mass is 79.9. The van der Waals surface area contributed by atoms with Crippen molar-refractivity contribution in [3.63, 3.8) is 0 Å². The van der Waals surface area contributed by atoms with Crippen LogP contribution in [0.15, 0.2) is 16.6 Å². The van der Waals surface area contributed by atoms with Crippen LogP contribution < -0.4 is 0 Å². The summed E-state index contributed by atoms with van der Waals surface area (Å²) < 4.78 is 0.613. The quantitative estimate of drug-likeness (QED) is 0.830. The molecule has 0 unspecified atom stereocenters. The predicted molar refractivity (Wildman–Crippen MR) is 50.8 cm³/mol. The Balaban J connectivity index is 3.37. The molecule has 2 nitrogen and oxygen atoms in total. The van der Waals surface area contributed by atoms with Gasteiger partial charge < -0.3 is 5.11 Å². The van der Waals surface area contributed by atoms with Gasteiger partial charge in [0.2, 0.25) is 0 Å². The molecule has 1 N–H and O–H groups in total. The summed E-state index contributed by atoms with van der Waals surface area (Å²) >= 11 is 8.90. The summed E-state index contributed by atoms with van der Waals surface area (Å²) in [6.45, 7) is 1.81. The number of hydrogen-bond acceptors (Lipinski definition) is 1. The van der Waals surface area contributed by atoms with Gasteiger partial charge in [-0.05, 0) is 40.5 Å². The average molecular weight is 249 g/mol. The third-order valence-corrected chi connectivity index (χ3v) is 2.66. The van der Waals surface area contributed by atoms with Crippen LogP contribution in [0.4, 0.5) is 0 Å². The molecule has 0 aromatic heterocycles. The van der Waals surface area contributed by atoms with Crippen LogP contribution in [-0.2, 0) is 0 Å². The van der Waals surface area contributed by atoms with Gasteiger partial charge in [-0.15, -0.1) is 0 Å². The molecule has 0 saturated heterocycles. The molecule has 1 aromatic rings. The molecular weight excluding hydrogens is 243 g/mol. The van der Waals surface area contributed by atoms with Crippen LogP contribution in [0.2, 0.25) is 5.02 Å². The van der Waals surface area contributed by atoms with Gasteiger partial charge in [0.25, 0.3) is 0 Å². The van der Waals surface area contributed by atoms with E-state index in [4.69, 9.17) is 16.7 Å². The molecule has 0 amide bonds. The second-order valence-corrected chi connectivity index (χ2v) is 3.65. The summed E-state index contributed by atoms with van der Waals surface area (Å²) in [5.41, 5.74) is 0.993. The Labute approximate surface area is 83.3 Å². The van der Waals surface area contributed by atoms with Crippen LogP contribution >= 0.6 is 27.5 Å². The first-order valence-electron chi connectivity index (χ1n) is 3.21. The average Bonchev–Trinajstić information content (AvgIpc) is 1.96. The van der Waals surface area contributed by atoms with E-state index in [2.05, 4.69) is 15.9 Å². The molecular formula is C8H6BrClO2. The Morgan fingerprint density at radius 2 is 2.17 bits per heavy atom. The highest BCUT2D eigenvalue weighted by Gasteiger charge is 2.11. The number of carboxylic acids is 1. The molecule has 1 rings (SSSR count). The summed E-state index contributed by atoms with van der Waals surface area (Å²) in [5, 5.41) is 8.95. The molecule has 0 atom stereocenters. The van der Waals surface area contributed by atoms with Crippen molar-refractivity contribution in [3.8, 4) is 0 Å². The minimum Gasteiger partial charge on any atom is -0.478 e. The number of benzene rings is 1. The van der Waals surface area contributed by atoms with E-state index in [1.807, 2.05) is 6.92 Å². The van der Waals surface area contributed by atoms with Crippen LogP contribution in [0.1, 0.15) is 15.9 Å². The molecule has 0 spiro atoms. The molecule has 1 aromatic carbocycles. The minimum atomic E-state index is -1.01. The van der Waals surface area contributed by atoms with Crippen LogP contribution in [0.3, 0.4) is 0 Å². The van der Waals surface area contributed by atoms with Crippen molar-refractivity contribution in [1.29, 1.82) is 0 Å². The number of carbonyl (C=O) groups is 1. The molecule has 0 aliphatic rings. The van der Waals surface area contributed by atoms with E-state index in [1.165, 1.54) is 6.07 Å². The molecule has 0 bridgehead atoms. The second kappa shape index (κ2) is 3.46. The van der Waals surface area contributed by atoms with Crippen molar-refractivity contribution in [2.75, 3.05) is 0 Å². The van der Waals surface area contributed by atoms with Gasteiger partial charge in [0.1, 0.15) is 0 Å². The number of halogens is 2. The summed E-state index contributed by atoms with van der Waals surface area (Å²) in [6, 6.07) is 3.31. The zero-order valence-electron chi connectivity index (χ0n) is 6.27. The van der Waals surface area contributed by atoms with Crippen molar-refractivity contribution < 1.29 is 9.90 Å². The first-order chi connectivity index (χ1) is 5.52. The minimum absolute atomic E-state index is 0.128. The van der Waals surface area contributed by atoms with Crippen molar-refractivity contribution in [2.45, 2.75) is 6.92 Å². The predicted octanol–water partition coefficient (Wildman–Crippen LogP) is 3.11. The largest absolute Gasteiger partial charge is 0.478 e. The van der Waals surface area contributed by atoms with Gasteiger partial charge in [-0.2, -0.15) is 0 Å². The van der Waals surface area contributed by atoms with Crippen molar-refractivity contribution in [2.24, 2.45) is 0 Å². The lowest BCUT2D eigenvalue weighted by molar-refractivity contribution is 0.0697. The SMILES string of the molecule is Cc1cc(Br)c(Cl)c(C(=O)O)c1. The lowest BCUT2D eigenvalue weighted by atomic mass is 10.1. The summed E-state index contributed by atoms with van der Waals surface area (Å²) in [6.07, 6.45) is 0. The fourth-order valence-corrected chi connectivity index (χ4v) is 1.64. The van der Waals surface area contributed by atoms with Crippen molar-refractivity contribution in [1.82, 2.24) is 0 Å². The van der Waals surface area contributed by atoms with E-state index in [1.54, 1.807) is 6.07 Å². The zero-order valence-corrected chi connectivity index (χ0v) is 8.61. The number of aromatic carboxylic acids is 1. The molecule has 0 radical (unpaired) electrons. The van der Waals surface area contributed by atoms with Crippen LogP contribution in [0.25, 0.3) is 0 Å². The van der Waals surface area contributed by atoms with Crippen LogP contribution in [0, 0.1) is 6.92 Å². The van der Waals surface area contributed by atoms with Crippen molar-refractivity contribution in [3.05, 3.63) is 32.8 Å². The molecule has 12 heavy (non-hydrogen) atoms. The maximum atomic E-state index is 10.6. The highest BCUT2D eigenvalue weighted by Crippen LogP contribution is 2.27. The maximum absolute atomic E-state index is 10.6. The summed E-state index contributed by atoms with van der Waals surface area (Å²) in [4.78, 5) is 10.6. The van der Waals surface area contributed by atoms with E-state index in [9.17, 15) is 4.79 Å². The monoisotopic (exact) mass is 248 g/mol. The third-order valence-electron chi connectivity index (χ3n) is 1.40. The van der Waals surface area contributed by atoms with Gasteiger partial charge in [-0.1, -0.05) is 11.6 Å². The zero-order chi connectivity index (χ0) is 9.30. The summed E-state index contributed by atoms with van der Waals surface area (Å²) in [5.74, 6) is -1.01. The van der Waals surface area contributed by atoms with Crippen molar-refractivity contribution >= 4 is 33.5 Å². The van der Waals surface area contributed by atoms with Gasteiger partial charge in [0.05, 0.1) is 10.6 Å². The summed E-state index contributed by atoms with van der Waals surface area (Å²) in [7, 11) is 0. The van der Waals surface area contributed by atoms with Gasteiger partial charge in [-0.25, -0.2) is 4.79 Å². The van der Waals surface area contributed by atoms with E-state index in [-0.39, 0.29) is 10.6 Å². The van der Waals surface area contributed by atoms with E-state index in [0.29, 0.717) is 4.47 Å². The fourth-order valence-electron chi connectivity index (χ4n) is 0.880. The number of hydrogen-bond donors (Lipinski definition) is 1. The highest BCUT2D eigenvalue weighted by molar-refractivity contribution is 9.10. The normalized spacial score (nSPS) is 9.92. The molecule has 0 saturated carbocycles. The third kappa shape index (κ3) is 1.79. The van der Waals surface area contributed by atoms with E-state index in [0.717, 1.165) is 5.56 Å². The number of aryl methyl sites for hydroxylation is 1. The maximum Gasteiger partial charge on any atom is 0.337 e. The molecule has 0 aliphatic carbocycles. The first-order valence-corrected chi connectivity index (χ1v) is 4.38. The molecule has 0 aliphatic heterocycles. The topological polar surface area (TPSA) is 37.3 Å². The van der Waals surface area contributed by atoms with Gasteiger partial charge in [0, 0.05) is 4.47 Å². The standard InChI is InChI=1S/C8H6BrClO2/c1-4-2-5(8(11)12)7(10)6(9)3-4/h2-3H,1H3,(H,11,12). The van der Waals surface area contributed by atoms with Gasteiger partial charge in [0.15, 0.2) is 0 Å². The Morgan fingerprint density at radius 3 is 2.67 bits per heavy atom. The Kier molecular flexibility index (Phi) is 2.75. The number of rotatable bonds is 1. The Morgan fingerprint density at radius 1 is 1.58 bits per heavy atom.